The van der Waals surface area contributed by atoms with Gasteiger partial charge in [0.25, 0.3) is 0 Å². The van der Waals surface area contributed by atoms with Crippen LogP contribution in [0.4, 0.5) is 5.69 Å². The minimum absolute atomic E-state index is 0.540. The van der Waals surface area contributed by atoms with Crippen LogP contribution in [0.15, 0.2) is 30.4 Å². The zero-order valence-electron chi connectivity index (χ0n) is 6.75. The van der Waals surface area contributed by atoms with Gasteiger partial charge in [0.1, 0.15) is 0 Å². The van der Waals surface area contributed by atoms with E-state index in [0.29, 0.717) is 12.0 Å². The molecule has 1 aliphatic heterocycles. The van der Waals surface area contributed by atoms with Crippen LogP contribution in [0.5, 0.6) is 0 Å². The maximum atomic E-state index is 3.48. The molecule has 1 nitrogen and oxygen atoms in total. The maximum Gasteiger partial charge on any atom is 0.0517 e. The van der Waals surface area contributed by atoms with Crippen LogP contribution in [0.25, 0.3) is 0 Å². The molecule has 0 saturated heterocycles. The largest absolute Gasteiger partial charge is 0.378 e. The number of fused-ring (bicyclic) bond motifs is 3. The first-order chi connectivity index (χ1) is 5.95. The second-order valence-electron chi connectivity index (χ2n) is 3.44. The van der Waals surface area contributed by atoms with Crippen molar-refractivity contribution in [2.45, 2.75) is 18.4 Å². The molecule has 0 amide bonds. The van der Waals surface area contributed by atoms with Gasteiger partial charge in [0.15, 0.2) is 0 Å². The summed E-state index contributed by atoms with van der Waals surface area (Å²) in [5.74, 6) is 0.654. The van der Waals surface area contributed by atoms with Crippen molar-refractivity contribution in [1.29, 1.82) is 0 Å². The van der Waals surface area contributed by atoms with E-state index in [-0.39, 0.29) is 0 Å². The molecule has 1 aromatic carbocycles. The lowest BCUT2D eigenvalue weighted by Gasteiger charge is -2.07. The van der Waals surface area contributed by atoms with Crippen molar-refractivity contribution in [3.8, 4) is 0 Å². The minimum atomic E-state index is 0.540. The highest BCUT2D eigenvalue weighted by Crippen LogP contribution is 2.41. The Morgan fingerprint density at radius 2 is 2.50 bits per heavy atom. The molecule has 12 heavy (non-hydrogen) atoms. The Labute approximate surface area is 72.1 Å². The number of nitrogens with one attached hydrogen (secondary N) is 1. The maximum absolute atomic E-state index is 3.48. The summed E-state index contributed by atoms with van der Waals surface area (Å²) < 4.78 is 0. The van der Waals surface area contributed by atoms with Crippen LogP contribution < -0.4 is 5.32 Å². The lowest BCUT2D eigenvalue weighted by Crippen LogP contribution is -2.12. The molecule has 59 valence electrons. The molecule has 1 heterocycles. The van der Waals surface area contributed by atoms with Gasteiger partial charge in [0.2, 0.25) is 0 Å². The average Bonchev–Trinajstić information content (AvgIpc) is 2.62. The van der Waals surface area contributed by atoms with Gasteiger partial charge in [0, 0.05) is 11.6 Å². The number of rotatable bonds is 0. The number of allylic oxidation sites excluding steroid dienone is 1. The fourth-order valence-electron chi connectivity index (χ4n) is 2.16. The summed E-state index contributed by atoms with van der Waals surface area (Å²) in [6.07, 6.45) is 5.69. The zero-order valence-corrected chi connectivity index (χ0v) is 6.75. The van der Waals surface area contributed by atoms with Crippen molar-refractivity contribution in [3.63, 3.8) is 0 Å². The normalized spacial score (nSPS) is 29.7. The standard InChI is InChI=1S/C11H10N/c1-2-6-10-8(4-1)9-5-3-7-11(9)12-10/h1-3,6-7,9,11-12H,5H2. The Morgan fingerprint density at radius 3 is 3.50 bits per heavy atom. The molecule has 0 aromatic heterocycles. The lowest BCUT2D eigenvalue weighted by atomic mass is 9.97. The smallest absolute Gasteiger partial charge is 0.0517 e. The van der Waals surface area contributed by atoms with Gasteiger partial charge >= 0.3 is 0 Å². The van der Waals surface area contributed by atoms with E-state index in [1.165, 1.54) is 17.7 Å². The van der Waals surface area contributed by atoms with E-state index in [4.69, 9.17) is 0 Å². The SMILES string of the molecule is [c]1cccc2c1C1CC=CC1N2. The Kier molecular flexibility index (Phi) is 1.12. The molecule has 1 radical (unpaired) electrons. The second-order valence-corrected chi connectivity index (χ2v) is 3.44. The lowest BCUT2D eigenvalue weighted by molar-refractivity contribution is 0.727. The zero-order chi connectivity index (χ0) is 7.97. The third-order valence-corrected chi connectivity index (χ3v) is 2.75. The van der Waals surface area contributed by atoms with Crippen molar-refractivity contribution in [2.24, 2.45) is 0 Å². The van der Waals surface area contributed by atoms with Crippen molar-refractivity contribution in [1.82, 2.24) is 0 Å². The van der Waals surface area contributed by atoms with Crippen LogP contribution in [0, 0.1) is 6.07 Å². The number of anilines is 1. The van der Waals surface area contributed by atoms with Crippen LogP contribution in [-0.2, 0) is 0 Å². The number of hydrogen-bond donors (Lipinski definition) is 1. The monoisotopic (exact) mass is 156 g/mol. The molecular formula is C11H10N. The molecule has 2 aliphatic rings. The van der Waals surface area contributed by atoms with E-state index in [2.05, 4.69) is 29.6 Å². The topological polar surface area (TPSA) is 12.0 Å². The first-order valence-electron chi connectivity index (χ1n) is 4.39. The van der Waals surface area contributed by atoms with Gasteiger partial charge in [0.05, 0.1) is 6.04 Å². The van der Waals surface area contributed by atoms with E-state index < -0.39 is 0 Å². The highest BCUT2D eigenvalue weighted by Gasteiger charge is 2.31. The summed E-state index contributed by atoms with van der Waals surface area (Å²) in [4.78, 5) is 0. The fraction of sp³-hybridized carbons (Fsp3) is 0.273. The summed E-state index contributed by atoms with van der Waals surface area (Å²) in [5, 5.41) is 3.48. The molecule has 1 heteroatoms. The van der Waals surface area contributed by atoms with Gasteiger partial charge in [-0.25, -0.2) is 0 Å². The van der Waals surface area contributed by atoms with E-state index in [0.717, 1.165) is 0 Å². The molecule has 1 aromatic rings. The van der Waals surface area contributed by atoms with E-state index >= 15 is 0 Å². The van der Waals surface area contributed by atoms with E-state index in [1.54, 1.807) is 0 Å². The van der Waals surface area contributed by atoms with Crippen LogP contribution in [0.2, 0.25) is 0 Å². The summed E-state index contributed by atoms with van der Waals surface area (Å²) >= 11 is 0. The van der Waals surface area contributed by atoms with Crippen LogP contribution in [0.3, 0.4) is 0 Å². The highest BCUT2D eigenvalue weighted by molar-refractivity contribution is 5.61. The first kappa shape index (κ1) is 6.30. The van der Waals surface area contributed by atoms with Gasteiger partial charge < -0.3 is 5.32 Å². The summed E-state index contributed by atoms with van der Waals surface area (Å²) in [7, 11) is 0. The Bertz CT molecular complexity index is 341. The average molecular weight is 156 g/mol. The molecular weight excluding hydrogens is 146 g/mol. The van der Waals surface area contributed by atoms with E-state index in [9.17, 15) is 0 Å². The molecule has 0 saturated carbocycles. The molecule has 0 bridgehead atoms. The van der Waals surface area contributed by atoms with Gasteiger partial charge in [-0.15, -0.1) is 0 Å². The molecule has 3 rings (SSSR count). The molecule has 1 aliphatic carbocycles. The molecule has 0 fully saturated rings. The summed E-state index contributed by atoms with van der Waals surface area (Å²) in [5.41, 5.74) is 2.64. The number of hydrogen-bond acceptors (Lipinski definition) is 1. The summed E-state index contributed by atoms with van der Waals surface area (Å²) in [6, 6.07) is 10.0. The minimum Gasteiger partial charge on any atom is -0.378 e. The Balaban J connectivity index is 2.12. The van der Waals surface area contributed by atoms with Gasteiger partial charge in [-0.2, -0.15) is 0 Å². The Morgan fingerprint density at radius 1 is 1.50 bits per heavy atom. The van der Waals surface area contributed by atoms with Crippen molar-refractivity contribution in [3.05, 3.63) is 42.0 Å². The fourth-order valence-corrected chi connectivity index (χ4v) is 2.16. The molecule has 1 N–H and O–H groups in total. The van der Waals surface area contributed by atoms with Crippen LogP contribution in [-0.4, -0.2) is 6.04 Å². The second kappa shape index (κ2) is 2.13. The third-order valence-electron chi connectivity index (χ3n) is 2.75. The number of benzene rings is 1. The predicted octanol–water partition coefficient (Wildman–Crippen LogP) is 2.32. The Hall–Kier alpha value is -1.24. The predicted molar refractivity (Wildman–Crippen MR) is 49.2 cm³/mol. The van der Waals surface area contributed by atoms with Crippen molar-refractivity contribution in [2.75, 3.05) is 5.32 Å². The third kappa shape index (κ3) is 0.685. The van der Waals surface area contributed by atoms with Gasteiger partial charge in [-0.3, -0.25) is 0 Å². The van der Waals surface area contributed by atoms with Crippen LogP contribution >= 0.6 is 0 Å². The highest BCUT2D eigenvalue weighted by atomic mass is 15.0. The van der Waals surface area contributed by atoms with Gasteiger partial charge in [-0.1, -0.05) is 24.3 Å². The van der Waals surface area contributed by atoms with Crippen LogP contribution in [0.1, 0.15) is 17.9 Å². The quantitative estimate of drug-likeness (QED) is 0.568. The molecule has 0 spiro atoms. The molecule has 2 unspecified atom stereocenters. The van der Waals surface area contributed by atoms with E-state index in [1.807, 2.05) is 12.1 Å². The van der Waals surface area contributed by atoms with Gasteiger partial charge in [-0.05, 0) is 24.1 Å². The van der Waals surface area contributed by atoms with Crippen molar-refractivity contribution >= 4 is 5.69 Å². The summed E-state index contributed by atoms with van der Waals surface area (Å²) in [6.45, 7) is 0. The first-order valence-corrected chi connectivity index (χ1v) is 4.39. The molecule has 2 atom stereocenters. The van der Waals surface area contributed by atoms with Crippen molar-refractivity contribution < 1.29 is 0 Å².